The van der Waals surface area contributed by atoms with Crippen LogP contribution in [-0.2, 0) is 19.1 Å². The van der Waals surface area contributed by atoms with Gasteiger partial charge in [-0.2, -0.15) is 0 Å². The summed E-state index contributed by atoms with van der Waals surface area (Å²) >= 11 is 0. The van der Waals surface area contributed by atoms with Gasteiger partial charge in [0.25, 0.3) is 0 Å². The summed E-state index contributed by atoms with van der Waals surface area (Å²) in [5.41, 5.74) is 0. The van der Waals surface area contributed by atoms with Crippen LogP contribution >= 0.6 is 0 Å². The highest BCUT2D eigenvalue weighted by molar-refractivity contribution is 5.70. The number of esters is 2. The Morgan fingerprint density at radius 2 is 0.477 bits per heavy atom. The average molecular weight is 920 g/mol. The standard InChI is InChI=1S/C60H118O5/c1-3-5-7-9-11-13-15-17-19-21-22-23-24-25-26-27-28-29-30-31-32-33-34-35-36-37-38-39-41-43-45-47-49-51-53-55-60(63)65-58(56-61)57-64-59(62)54-52-50-48-46-44-42-40-20-18-16-14-12-10-8-6-4-2/h58,61H,3-57H2,1-2H3. The molecule has 0 saturated heterocycles. The smallest absolute Gasteiger partial charge is 0.306 e. The van der Waals surface area contributed by atoms with Crippen molar-refractivity contribution in [3.63, 3.8) is 0 Å². The first-order valence-electron chi connectivity index (χ1n) is 30.1. The molecule has 1 unspecified atom stereocenters. The van der Waals surface area contributed by atoms with Crippen molar-refractivity contribution in [1.29, 1.82) is 0 Å². The molecule has 0 aliphatic carbocycles. The zero-order chi connectivity index (χ0) is 47.0. The van der Waals surface area contributed by atoms with Gasteiger partial charge in [-0.3, -0.25) is 9.59 Å². The second-order valence-corrected chi connectivity index (χ2v) is 20.8. The molecule has 5 nitrogen and oxygen atoms in total. The van der Waals surface area contributed by atoms with Crippen molar-refractivity contribution in [3.8, 4) is 0 Å². The molecule has 0 saturated carbocycles. The molecule has 0 radical (unpaired) electrons. The van der Waals surface area contributed by atoms with E-state index in [4.69, 9.17) is 9.47 Å². The Kier molecular flexibility index (Phi) is 56.3. The molecule has 1 atom stereocenters. The fourth-order valence-electron chi connectivity index (χ4n) is 9.62. The Bertz CT molecular complexity index is 906. The van der Waals surface area contributed by atoms with Crippen LogP contribution in [0, 0.1) is 0 Å². The van der Waals surface area contributed by atoms with E-state index in [1.807, 2.05) is 0 Å². The molecular formula is C60H118O5. The summed E-state index contributed by atoms with van der Waals surface area (Å²) in [6.45, 7) is 4.20. The summed E-state index contributed by atoms with van der Waals surface area (Å²) in [6.07, 6.45) is 69.7. The summed E-state index contributed by atoms with van der Waals surface area (Å²) < 4.78 is 10.7. The van der Waals surface area contributed by atoms with E-state index in [1.165, 1.54) is 295 Å². The highest BCUT2D eigenvalue weighted by Crippen LogP contribution is 2.19. The minimum Gasteiger partial charge on any atom is -0.462 e. The zero-order valence-corrected chi connectivity index (χ0v) is 44.5. The number of aliphatic hydroxyl groups excluding tert-OH is 1. The number of ether oxygens (including phenoxy) is 2. The Balaban J connectivity index is 3.34. The lowest BCUT2D eigenvalue weighted by molar-refractivity contribution is -0.161. The molecule has 65 heavy (non-hydrogen) atoms. The maximum Gasteiger partial charge on any atom is 0.306 e. The molecule has 5 heteroatoms. The molecule has 0 aliphatic rings. The summed E-state index contributed by atoms with van der Waals surface area (Å²) in [5.74, 6) is -0.564. The van der Waals surface area contributed by atoms with E-state index in [9.17, 15) is 14.7 Å². The van der Waals surface area contributed by atoms with E-state index in [0.29, 0.717) is 12.8 Å². The van der Waals surface area contributed by atoms with E-state index in [-0.39, 0.29) is 25.2 Å². The molecule has 0 aliphatic heterocycles. The first-order chi connectivity index (χ1) is 32.1. The lowest BCUT2D eigenvalue weighted by Gasteiger charge is -2.15. The van der Waals surface area contributed by atoms with Crippen molar-refractivity contribution in [1.82, 2.24) is 0 Å². The van der Waals surface area contributed by atoms with Gasteiger partial charge in [-0.1, -0.05) is 328 Å². The number of hydrogen-bond acceptors (Lipinski definition) is 5. The number of rotatable bonds is 57. The third kappa shape index (κ3) is 55.4. The van der Waals surface area contributed by atoms with Crippen LogP contribution in [0.3, 0.4) is 0 Å². The van der Waals surface area contributed by atoms with Crippen LogP contribution in [0.2, 0.25) is 0 Å². The molecular weight excluding hydrogens is 801 g/mol. The quantitative estimate of drug-likeness (QED) is 0.0486. The molecule has 0 bridgehead atoms. The zero-order valence-electron chi connectivity index (χ0n) is 44.5. The Morgan fingerprint density at radius 3 is 0.677 bits per heavy atom. The number of carbonyl (C=O) groups excluding carboxylic acids is 2. The topological polar surface area (TPSA) is 72.8 Å². The van der Waals surface area contributed by atoms with Gasteiger partial charge in [0.1, 0.15) is 6.61 Å². The van der Waals surface area contributed by atoms with E-state index >= 15 is 0 Å². The van der Waals surface area contributed by atoms with Crippen molar-refractivity contribution >= 4 is 11.9 Å². The fourth-order valence-corrected chi connectivity index (χ4v) is 9.62. The van der Waals surface area contributed by atoms with Crippen LogP contribution in [0.5, 0.6) is 0 Å². The molecule has 388 valence electrons. The van der Waals surface area contributed by atoms with Crippen LogP contribution in [-0.4, -0.2) is 36.4 Å². The monoisotopic (exact) mass is 919 g/mol. The van der Waals surface area contributed by atoms with Gasteiger partial charge in [0.05, 0.1) is 6.61 Å². The van der Waals surface area contributed by atoms with Crippen molar-refractivity contribution in [2.75, 3.05) is 13.2 Å². The SMILES string of the molecule is CCCCCCCCCCCCCCCCCCCCCCCCCCCCCCCCCCCCCC(=O)OC(CO)COC(=O)CCCCCCCCCCCCCCCCCC. The number of carbonyl (C=O) groups is 2. The average Bonchev–Trinajstić information content (AvgIpc) is 3.31. The largest absolute Gasteiger partial charge is 0.462 e. The Morgan fingerprint density at radius 1 is 0.292 bits per heavy atom. The first kappa shape index (κ1) is 63.9. The predicted octanol–water partition coefficient (Wildman–Crippen LogP) is 20.1. The lowest BCUT2D eigenvalue weighted by Crippen LogP contribution is -2.28. The van der Waals surface area contributed by atoms with Gasteiger partial charge in [-0.25, -0.2) is 0 Å². The van der Waals surface area contributed by atoms with Gasteiger partial charge >= 0.3 is 11.9 Å². The van der Waals surface area contributed by atoms with E-state index < -0.39 is 6.10 Å². The second kappa shape index (κ2) is 57.2. The Labute approximate surface area is 408 Å². The Hall–Kier alpha value is -1.10. The van der Waals surface area contributed by atoms with Crippen molar-refractivity contribution in [2.24, 2.45) is 0 Å². The number of hydrogen-bond donors (Lipinski definition) is 1. The molecule has 1 N–H and O–H groups in total. The van der Waals surface area contributed by atoms with Crippen molar-refractivity contribution in [3.05, 3.63) is 0 Å². The maximum atomic E-state index is 12.3. The van der Waals surface area contributed by atoms with Gasteiger partial charge in [-0.05, 0) is 12.8 Å². The van der Waals surface area contributed by atoms with Crippen molar-refractivity contribution in [2.45, 2.75) is 360 Å². The van der Waals surface area contributed by atoms with Crippen LogP contribution in [0.4, 0.5) is 0 Å². The van der Waals surface area contributed by atoms with E-state index in [1.54, 1.807) is 0 Å². The third-order valence-corrected chi connectivity index (χ3v) is 14.2. The molecule has 0 aromatic rings. The van der Waals surface area contributed by atoms with Gasteiger partial charge in [0.15, 0.2) is 6.10 Å². The molecule has 0 aromatic carbocycles. The maximum absolute atomic E-state index is 12.3. The van der Waals surface area contributed by atoms with Crippen molar-refractivity contribution < 1.29 is 24.2 Å². The van der Waals surface area contributed by atoms with Crippen LogP contribution in [0.1, 0.15) is 354 Å². The summed E-state index contributed by atoms with van der Waals surface area (Å²) in [4.78, 5) is 24.5. The number of unbranched alkanes of at least 4 members (excludes halogenated alkanes) is 49. The first-order valence-corrected chi connectivity index (χ1v) is 30.1. The van der Waals surface area contributed by atoms with Gasteiger partial charge < -0.3 is 14.6 Å². The highest BCUT2D eigenvalue weighted by atomic mass is 16.6. The van der Waals surface area contributed by atoms with Gasteiger partial charge in [0.2, 0.25) is 0 Å². The molecule has 0 spiro atoms. The third-order valence-electron chi connectivity index (χ3n) is 14.2. The van der Waals surface area contributed by atoms with Gasteiger partial charge in [0, 0.05) is 12.8 Å². The normalized spacial score (nSPS) is 12.0. The van der Waals surface area contributed by atoms with E-state index in [2.05, 4.69) is 13.8 Å². The van der Waals surface area contributed by atoms with Crippen LogP contribution < -0.4 is 0 Å². The molecule has 0 fully saturated rings. The van der Waals surface area contributed by atoms with Gasteiger partial charge in [-0.15, -0.1) is 0 Å². The highest BCUT2D eigenvalue weighted by Gasteiger charge is 2.16. The van der Waals surface area contributed by atoms with Crippen LogP contribution in [0.25, 0.3) is 0 Å². The number of aliphatic hydroxyl groups is 1. The minimum absolute atomic E-state index is 0.0559. The second-order valence-electron chi connectivity index (χ2n) is 20.8. The molecule has 0 amide bonds. The minimum atomic E-state index is -0.764. The summed E-state index contributed by atoms with van der Waals surface area (Å²) in [7, 11) is 0. The lowest BCUT2D eigenvalue weighted by atomic mass is 10.0. The van der Waals surface area contributed by atoms with E-state index in [0.717, 1.165) is 32.1 Å². The summed E-state index contributed by atoms with van der Waals surface area (Å²) in [5, 5.41) is 9.64. The molecule has 0 rings (SSSR count). The summed E-state index contributed by atoms with van der Waals surface area (Å²) in [6, 6.07) is 0. The predicted molar refractivity (Wildman–Crippen MR) is 284 cm³/mol. The molecule has 0 heterocycles. The fraction of sp³-hybridized carbons (Fsp3) is 0.967. The van der Waals surface area contributed by atoms with Crippen LogP contribution in [0.15, 0.2) is 0 Å². The molecule has 0 aromatic heterocycles.